The molecule has 0 spiro atoms. The van der Waals surface area contributed by atoms with Gasteiger partial charge in [0, 0.05) is 43.3 Å². The van der Waals surface area contributed by atoms with E-state index in [4.69, 9.17) is 0 Å². The molecule has 1 aromatic rings. The predicted molar refractivity (Wildman–Crippen MR) is 116 cm³/mol. The number of rotatable bonds is 5. The van der Waals surface area contributed by atoms with Gasteiger partial charge >= 0.3 is 0 Å². The Morgan fingerprint density at radius 2 is 2.07 bits per heavy atom. The number of carbonyl (C=O) groups excluding carboxylic acids is 1. The van der Waals surface area contributed by atoms with Crippen LogP contribution < -0.4 is 5.32 Å². The highest BCUT2D eigenvalue weighted by atomic mass is 16.2. The number of hydrogen-bond acceptors (Lipinski definition) is 3. The van der Waals surface area contributed by atoms with Crippen LogP contribution in [0.5, 0.6) is 0 Å². The minimum absolute atomic E-state index is 0.0485. The van der Waals surface area contributed by atoms with Crippen molar-refractivity contribution in [3.05, 3.63) is 35.4 Å². The molecular weight excluding hydrogens is 346 g/mol. The van der Waals surface area contributed by atoms with E-state index in [1.165, 1.54) is 22.4 Å². The van der Waals surface area contributed by atoms with E-state index in [2.05, 4.69) is 74.1 Å². The van der Waals surface area contributed by atoms with Gasteiger partial charge in [-0.1, -0.05) is 32.1 Å². The molecule has 1 aromatic carbocycles. The van der Waals surface area contributed by atoms with Crippen LogP contribution in [0.2, 0.25) is 0 Å². The number of nitrogens with zero attached hydrogens (tertiary/aromatic N) is 2. The smallest absolute Gasteiger partial charge is 0.231 e. The molecule has 0 saturated carbocycles. The summed E-state index contributed by atoms with van der Waals surface area (Å²) < 4.78 is 0. The summed E-state index contributed by atoms with van der Waals surface area (Å²) in [5.74, 6) is 1.45. The molecule has 3 aliphatic rings. The van der Waals surface area contributed by atoms with Gasteiger partial charge in [0.2, 0.25) is 5.91 Å². The third kappa shape index (κ3) is 3.36. The molecule has 28 heavy (non-hydrogen) atoms. The molecule has 1 amide bonds. The van der Waals surface area contributed by atoms with Gasteiger partial charge in [-0.3, -0.25) is 9.69 Å². The van der Waals surface area contributed by atoms with Crippen LogP contribution in [0.25, 0.3) is 5.57 Å². The number of likely N-dealkylation sites (N-methyl/N-ethyl adjacent to an activating group) is 1. The number of carbonyl (C=O) groups is 1. The lowest BCUT2D eigenvalue weighted by molar-refractivity contribution is -0.136. The topological polar surface area (TPSA) is 35.6 Å². The Morgan fingerprint density at radius 3 is 2.79 bits per heavy atom. The van der Waals surface area contributed by atoms with Crippen LogP contribution in [0.3, 0.4) is 0 Å². The molecule has 3 unspecified atom stereocenters. The van der Waals surface area contributed by atoms with Crippen LogP contribution in [0, 0.1) is 11.8 Å². The third-order valence-corrected chi connectivity index (χ3v) is 6.80. The molecule has 0 bridgehead atoms. The molecule has 0 saturated heterocycles. The zero-order valence-electron chi connectivity index (χ0n) is 18.0. The zero-order valence-corrected chi connectivity index (χ0v) is 18.0. The summed E-state index contributed by atoms with van der Waals surface area (Å²) in [4.78, 5) is 18.0. The minimum Gasteiger partial charge on any atom is -0.384 e. The standard InChI is InChI=1S/C24H35N3O/c1-15(2)9-10-27(16(3)4)24(28)18-11-20-19-7-6-8-21-23(19)17(13-25-21)12-22(20)26(5)14-18/h6-8,11,15-18,22,25H,9-10,12-14H2,1-5H3. The van der Waals surface area contributed by atoms with Gasteiger partial charge in [0.15, 0.2) is 0 Å². The van der Waals surface area contributed by atoms with Crippen LogP contribution in [0.4, 0.5) is 5.69 Å². The highest BCUT2D eigenvalue weighted by Crippen LogP contribution is 2.48. The van der Waals surface area contributed by atoms with Crippen molar-refractivity contribution in [3.63, 3.8) is 0 Å². The van der Waals surface area contributed by atoms with E-state index in [-0.39, 0.29) is 12.0 Å². The van der Waals surface area contributed by atoms with Gasteiger partial charge in [0.25, 0.3) is 0 Å². The summed E-state index contributed by atoms with van der Waals surface area (Å²) >= 11 is 0. The van der Waals surface area contributed by atoms with Crippen LogP contribution >= 0.6 is 0 Å². The van der Waals surface area contributed by atoms with Crippen LogP contribution in [-0.2, 0) is 4.79 Å². The first-order valence-electron chi connectivity index (χ1n) is 11.0. The highest BCUT2D eigenvalue weighted by Gasteiger charge is 2.41. The second-order valence-corrected chi connectivity index (χ2v) is 9.57. The molecule has 4 heteroatoms. The van der Waals surface area contributed by atoms with Gasteiger partial charge in [0.1, 0.15) is 0 Å². The van der Waals surface area contributed by atoms with Crippen molar-refractivity contribution < 1.29 is 4.79 Å². The molecule has 1 aliphatic carbocycles. The lowest BCUT2D eigenvalue weighted by Crippen LogP contribution is -2.49. The van der Waals surface area contributed by atoms with Gasteiger partial charge < -0.3 is 10.2 Å². The van der Waals surface area contributed by atoms with Crippen molar-refractivity contribution in [1.29, 1.82) is 0 Å². The summed E-state index contributed by atoms with van der Waals surface area (Å²) in [5, 5.41) is 3.58. The summed E-state index contributed by atoms with van der Waals surface area (Å²) in [6.45, 7) is 11.5. The number of benzene rings is 1. The van der Waals surface area contributed by atoms with Gasteiger partial charge in [-0.15, -0.1) is 0 Å². The molecule has 2 aliphatic heterocycles. The van der Waals surface area contributed by atoms with Gasteiger partial charge in [-0.2, -0.15) is 0 Å². The maximum atomic E-state index is 13.5. The monoisotopic (exact) mass is 381 g/mol. The SMILES string of the molecule is CC(C)CCN(C(=O)C1C=C2c3cccc4c3C(CN4)CC2N(C)C1)C(C)C. The molecule has 3 atom stereocenters. The van der Waals surface area contributed by atoms with E-state index in [0.29, 0.717) is 23.8 Å². The summed E-state index contributed by atoms with van der Waals surface area (Å²) in [7, 11) is 2.20. The predicted octanol–water partition coefficient (Wildman–Crippen LogP) is 4.20. The normalized spacial score (nSPS) is 26.0. The van der Waals surface area contributed by atoms with Crippen LogP contribution in [0.15, 0.2) is 24.3 Å². The third-order valence-electron chi connectivity index (χ3n) is 6.80. The quantitative estimate of drug-likeness (QED) is 0.830. The Balaban J connectivity index is 1.65. The van der Waals surface area contributed by atoms with E-state index in [1.807, 2.05) is 0 Å². The fourth-order valence-corrected chi connectivity index (χ4v) is 5.23. The Kier molecular flexibility index (Phi) is 5.26. The van der Waals surface area contributed by atoms with Crippen molar-refractivity contribution in [2.45, 2.75) is 58.5 Å². The average molecular weight is 382 g/mol. The first-order chi connectivity index (χ1) is 13.4. The van der Waals surface area contributed by atoms with Crippen molar-refractivity contribution in [2.75, 3.05) is 32.0 Å². The number of amides is 1. The first-order valence-corrected chi connectivity index (χ1v) is 11.0. The second kappa shape index (κ2) is 7.55. The summed E-state index contributed by atoms with van der Waals surface area (Å²) in [6.07, 6.45) is 4.52. The molecule has 0 radical (unpaired) electrons. The molecule has 0 fully saturated rings. The summed E-state index contributed by atoms with van der Waals surface area (Å²) in [5.41, 5.74) is 5.51. The van der Waals surface area contributed by atoms with E-state index >= 15 is 0 Å². The minimum atomic E-state index is -0.0485. The fraction of sp³-hybridized carbons (Fsp3) is 0.625. The Bertz CT molecular complexity index is 782. The lowest BCUT2D eigenvalue weighted by Gasteiger charge is -2.43. The zero-order chi connectivity index (χ0) is 20.0. The molecule has 152 valence electrons. The molecule has 4 rings (SSSR count). The summed E-state index contributed by atoms with van der Waals surface area (Å²) in [6, 6.07) is 7.28. The molecule has 0 aromatic heterocycles. The first kappa shape index (κ1) is 19.5. The van der Waals surface area contributed by atoms with E-state index < -0.39 is 0 Å². The number of nitrogens with one attached hydrogen (secondary N) is 1. The van der Waals surface area contributed by atoms with E-state index in [1.54, 1.807) is 0 Å². The van der Waals surface area contributed by atoms with Crippen molar-refractivity contribution in [2.24, 2.45) is 11.8 Å². The van der Waals surface area contributed by atoms with Gasteiger partial charge in [0.05, 0.1) is 5.92 Å². The Morgan fingerprint density at radius 1 is 1.29 bits per heavy atom. The average Bonchev–Trinajstić information content (AvgIpc) is 3.06. The molecular formula is C24H35N3O. The van der Waals surface area contributed by atoms with E-state index in [0.717, 1.165) is 32.5 Å². The molecule has 4 nitrogen and oxygen atoms in total. The van der Waals surface area contributed by atoms with Crippen molar-refractivity contribution in [3.8, 4) is 0 Å². The largest absolute Gasteiger partial charge is 0.384 e. The maximum absolute atomic E-state index is 13.5. The lowest BCUT2D eigenvalue weighted by atomic mass is 9.74. The Hall–Kier alpha value is -1.81. The number of fused-ring (bicyclic) bond motifs is 2. The van der Waals surface area contributed by atoms with Gasteiger partial charge in [-0.25, -0.2) is 0 Å². The molecule has 2 heterocycles. The second-order valence-electron chi connectivity index (χ2n) is 9.57. The van der Waals surface area contributed by atoms with Gasteiger partial charge in [-0.05, 0) is 62.4 Å². The Labute approximate surface area is 170 Å². The fourth-order valence-electron chi connectivity index (χ4n) is 5.23. The molecule has 1 N–H and O–H groups in total. The highest BCUT2D eigenvalue weighted by molar-refractivity contribution is 5.87. The number of anilines is 1. The maximum Gasteiger partial charge on any atom is 0.231 e. The van der Waals surface area contributed by atoms with Crippen LogP contribution in [-0.4, -0.2) is 54.5 Å². The van der Waals surface area contributed by atoms with Crippen LogP contribution in [0.1, 0.15) is 57.6 Å². The van der Waals surface area contributed by atoms with Crippen molar-refractivity contribution >= 4 is 17.2 Å². The van der Waals surface area contributed by atoms with Crippen molar-refractivity contribution in [1.82, 2.24) is 9.80 Å². The van der Waals surface area contributed by atoms with E-state index in [9.17, 15) is 4.79 Å². The number of hydrogen-bond donors (Lipinski definition) is 1.